The molecule has 2 saturated heterocycles. The van der Waals surface area contributed by atoms with Crippen LogP contribution in [0.5, 0.6) is 5.88 Å². The summed E-state index contributed by atoms with van der Waals surface area (Å²) in [7, 11) is 5.47. The summed E-state index contributed by atoms with van der Waals surface area (Å²) >= 11 is 0. The van der Waals surface area contributed by atoms with Crippen LogP contribution in [0, 0.1) is 0 Å². The van der Waals surface area contributed by atoms with E-state index in [1.807, 2.05) is 37.5 Å². The first kappa shape index (κ1) is 26.2. The van der Waals surface area contributed by atoms with Gasteiger partial charge in [-0.2, -0.15) is 0 Å². The minimum atomic E-state index is -0.990. The number of nitrogens with one attached hydrogen (secondary N) is 3. The largest absolute Gasteiger partial charge is 0.478 e. The summed E-state index contributed by atoms with van der Waals surface area (Å²) in [5.41, 5.74) is 3.68. The summed E-state index contributed by atoms with van der Waals surface area (Å²) in [4.78, 5) is 30.2. The molecule has 0 radical (unpaired) electrons. The second-order valence-corrected chi connectivity index (χ2v) is 10.6. The normalized spacial score (nSPS) is 20.7. The van der Waals surface area contributed by atoms with Crippen LogP contribution in [0.3, 0.4) is 0 Å². The van der Waals surface area contributed by atoms with Crippen LogP contribution in [0.1, 0.15) is 19.3 Å². The lowest BCUT2D eigenvalue weighted by atomic mass is 10.0. The van der Waals surface area contributed by atoms with Crippen LogP contribution in [-0.4, -0.2) is 92.5 Å². The minimum Gasteiger partial charge on any atom is -0.478 e. The Bertz CT molecular complexity index is 1510. The molecule has 12 heteroatoms. The van der Waals surface area contributed by atoms with E-state index in [1.54, 1.807) is 24.2 Å². The molecule has 3 N–H and O–H groups in total. The molecule has 2 aliphatic heterocycles. The molecule has 2 fully saturated rings. The highest BCUT2D eigenvalue weighted by molar-refractivity contribution is 6.06. The third-order valence-electron chi connectivity index (χ3n) is 7.89. The first-order valence-corrected chi connectivity index (χ1v) is 13.6. The second kappa shape index (κ2) is 10.9. The number of H-pyrrole nitrogens is 1. The summed E-state index contributed by atoms with van der Waals surface area (Å²) < 4.78 is 21.5. The Hall–Kier alpha value is -4.03. The number of piperidine rings is 1. The predicted octanol–water partition coefficient (Wildman–Crippen LogP) is 3.56. The third kappa shape index (κ3) is 5.11. The summed E-state index contributed by atoms with van der Waals surface area (Å²) in [6, 6.07) is 7.33. The molecule has 3 aromatic heterocycles. The molecule has 0 spiro atoms. The number of nitrogens with zero attached hydrogens (tertiary/aromatic N) is 6. The van der Waals surface area contributed by atoms with Crippen molar-refractivity contribution in [3.8, 4) is 17.1 Å². The van der Waals surface area contributed by atoms with Gasteiger partial charge in [0, 0.05) is 49.4 Å². The number of likely N-dealkylation sites (tertiary alicyclic amines) is 2. The van der Waals surface area contributed by atoms with Crippen LogP contribution in [-0.2, 0) is 11.8 Å². The fourth-order valence-electron chi connectivity index (χ4n) is 5.88. The van der Waals surface area contributed by atoms with Crippen molar-refractivity contribution in [2.75, 3.05) is 44.4 Å². The van der Waals surface area contributed by atoms with Crippen molar-refractivity contribution < 1.29 is 13.9 Å². The van der Waals surface area contributed by atoms with E-state index in [1.165, 1.54) is 0 Å². The molecule has 0 bridgehead atoms. The van der Waals surface area contributed by atoms with Gasteiger partial charge in [-0.3, -0.25) is 14.4 Å². The quantitative estimate of drug-likeness (QED) is 0.322. The zero-order chi connectivity index (χ0) is 27.8. The molecule has 40 heavy (non-hydrogen) atoms. The van der Waals surface area contributed by atoms with Gasteiger partial charge in [-0.05, 0) is 45.1 Å². The number of benzene rings is 1. The number of hydrogen-bond acceptors (Lipinski definition) is 8. The molecule has 5 heterocycles. The van der Waals surface area contributed by atoms with Crippen LogP contribution >= 0.6 is 0 Å². The van der Waals surface area contributed by atoms with Gasteiger partial charge in [0.05, 0.1) is 36.2 Å². The molecule has 6 rings (SSSR count). The molecule has 11 nitrogen and oxygen atoms in total. The minimum absolute atomic E-state index is 0.165. The Labute approximate surface area is 231 Å². The van der Waals surface area contributed by atoms with E-state index in [2.05, 4.69) is 42.5 Å². The highest BCUT2D eigenvalue weighted by atomic mass is 19.1. The van der Waals surface area contributed by atoms with Crippen molar-refractivity contribution in [2.45, 2.75) is 37.5 Å². The van der Waals surface area contributed by atoms with Crippen molar-refractivity contribution in [3.63, 3.8) is 0 Å². The number of halogens is 1. The fourth-order valence-corrected chi connectivity index (χ4v) is 5.88. The number of ether oxygens (including phenoxy) is 1. The van der Waals surface area contributed by atoms with Crippen LogP contribution < -0.4 is 15.4 Å². The van der Waals surface area contributed by atoms with Crippen LogP contribution in [0.15, 0.2) is 42.9 Å². The summed E-state index contributed by atoms with van der Waals surface area (Å²) in [6.45, 7) is 2.25. The number of aromatic amines is 1. The second-order valence-electron chi connectivity index (χ2n) is 10.6. The lowest BCUT2D eigenvalue weighted by Crippen LogP contribution is -2.49. The third-order valence-corrected chi connectivity index (χ3v) is 7.89. The Kier molecular flexibility index (Phi) is 7.11. The fraction of sp³-hybridized carbons (Fsp3) is 0.429. The average Bonchev–Trinajstić information content (AvgIpc) is 3.66. The molecule has 2 atom stereocenters. The van der Waals surface area contributed by atoms with Crippen molar-refractivity contribution in [2.24, 2.45) is 7.05 Å². The van der Waals surface area contributed by atoms with E-state index >= 15 is 0 Å². The predicted molar refractivity (Wildman–Crippen MR) is 152 cm³/mol. The van der Waals surface area contributed by atoms with Gasteiger partial charge in [0.15, 0.2) is 0 Å². The Morgan fingerprint density at radius 1 is 1.18 bits per heavy atom. The number of methoxy groups -OCH3 is 1. The van der Waals surface area contributed by atoms with Crippen LogP contribution in [0.25, 0.3) is 22.2 Å². The number of aryl methyl sites for hydroxylation is 1. The van der Waals surface area contributed by atoms with Gasteiger partial charge in [-0.1, -0.05) is 12.1 Å². The molecule has 0 saturated carbocycles. The van der Waals surface area contributed by atoms with Crippen LogP contribution in [0.4, 0.5) is 21.7 Å². The molecule has 1 amide bonds. The number of aromatic nitrogens is 5. The molecule has 0 aliphatic carbocycles. The summed E-state index contributed by atoms with van der Waals surface area (Å²) in [5.74, 6) is 0.681. The molecule has 1 aromatic carbocycles. The number of carbonyl (C=O) groups is 1. The maximum atomic E-state index is 14.5. The lowest BCUT2D eigenvalue weighted by Gasteiger charge is -2.37. The number of alkyl halides is 1. The lowest BCUT2D eigenvalue weighted by molar-refractivity contribution is -0.121. The number of para-hydroxylation sites is 1. The highest BCUT2D eigenvalue weighted by Crippen LogP contribution is 2.34. The van der Waals surface area contributed by atoms with Gasteiger partial charge < -0.3 is 25.3 Å². The Morgan fingerprint density at radius 2 is 2.00 bits per heavy atom. The van der Waals surface area contributed by atoms with Gasteiger partial charge in [0.25, 0.3) is 5.88 Å². The summed E-state index contributed by atoms with van der Waals surface area (Å²) in [6.07, 6.45) is 6.48. The first-order chi connectivity index (χ1) is 19.4. The molecule has 4 aromatic rings. The number of carbonyl (C=O) groups excluding carboxylic acids is 1. The molecule has 2 aliphatic rings. The van der Waals surface area contributed by atoms with Crippen molar-refractivity contribution >= 4 is 34.1 Å². The standard InChI is InChI=1S/C28H34FN9O2/c1-36-11-8-18(9-12-36)38-15-17(29)13-24(38)26(39)32-22-6-4-5-19-20(14-31-25(19)22)21-7-10-30-28(33-21)34-23-16-37(2)35-27(23)40-3/h4-7,10,14,16-18,24,31H,8-9,11-13,15H2,1-3H3,(H,32,39)(H,30,33,34)/t17-,24+/m0/s1. The van der Waals surface area contributed by atoms with E-state index in [4.69, 9.17) is 9.72 Å². The van der Waals surface area contributed by atoms with E-state index in [-0.39, 0.29) is 18.4 Å². The zero-order valence-corrected chi connectivity index (χ0v) is 22.9. The number of rotatable bonds is 7. The number of fused-ring (bicyclic) bond motifs is 1. The average molecular weight is 548 g/mol. The van der Waals surface area contributed by atoms with Crippen LogP contribution in [0.2, 0.25) is 0 Å². The summed E-state index contributed by atoms with van der Waals surface area (Å²) in [5, 5.41) is 11.4. The number of hydrogen-bond donors (Lipinski definition) is 3. The van der Waals surface area contributed by atoms with Gasteiger partial charge in [0.2, 0.25) is 11.9 Å². The van der Waals surface area contributed by atoms with E-state index < -0.39 is 12.2 Å². The molecular formula is C28H34FN9O2. The Balaban J connectivity index is 1.23. The van der Waals surface area contributed by atoms with Gasteiger partial charge >= 0.3 is 0 Å². The number of anilines is 3. The molecular weight excluding hydrogens is 513 g/mol. The SMILES string of the molecule is COc1nn(C)cc1Nc1nccc(-c2c[nH]c3c(NC(=O)[C@H]4C[C@H](F)CN4C4CCN(C)CC4)cccc23)n1. The van der Waals surface area contributed by atoms with E-state index in [0.29, 0.717) is 35.4 Å². The van der Waals surface area contributed by atoms with E-state index in [0.717, 1.165) is 42.4 Å². The van der Waals surface area contributed by atoms with Crippen molar-refractivity contribution in [1.29, 1.82) is 0 Å². The van der Waals surface area contributed by atoms with Crippen molar-refractivity contribution in [3.05, 3.63) is 42.9 Å². The Morgan fingerprint density at radius 3 is 2.80 bits per heavy atom. The topological polar surface area (TPSA) is 116 Å². The first-order valence-electron chi connectivity index (χ1n) is 13.6. The van der Waals surface area contributed by atoms with E-state index in [9.17, 15) is 9.18 Å². The molecule has 210 valence electrons. The van der Waals surface area contributed by atoms with Gasteiger partial charge in [0.1, 0.15) is 11.9 Å². The van der Waals surface area contributed by atoms with Gasteiger partial charge in [-0.25, -0.2) is 14.4 Å². The highest BCUT2D eigenvalue weighted by Gasteiger charge is 2.41. The maximum Gasteiger partial charge on any atom is 0.256 e. The zero-order valence-electron chi connectivity index (χ0n) is 22.9. The van der Waals surface area contributed by atoms with Crippen molar-refractivity contribution in [1.82, 2.24) is 34.5 Å². The number of amides is 1. The molecule has 0 unspecified atom stereocenters. The van der Waals surface area contributed by atoms with Gasteiger partial charge in [-0.15, -0.1) is 5.10 Å². The smallest absolute Gasteiger partial charge is 0.256 e. The monoisotopic (exact) mass is 547 g/mol. The maximum absolute atomic E-state index is 14.5.